The van der Waals surface area contributed by atoms with Gasteiger partial charge in [-0.3, -0.25) is 4.90 Å². The minimum Gasteiger partial charge on any atom is -0.379 e. The summed E-state index contributed by atoms with van der Waals surface area (Å²) in [5.74, 6) is 0.538. The molecule has 0 bridgehead atoms. The Morgan fingerprint density at radius 1 is 1.19 bits per heavy atom. The van der Waals surface area contributed by atoms with Crippen molar-refractivity contribution in [2.75, 3.05) is 44.4 Å². The topological polar surface area (TPSA) is 87.7 Å². The summed E-state index contributed by atoms with van der Waals surface area (Å²) in [6, 6.07) is 6.13. The summed E-state index contributed by atoms with van der Waals surface area (Å²) in [6.07, 6.45) is 2.16. The molecule has 0 radical (unpaired) electrons. The zero-order valence-electron chi connectivity index (χ0n) is 15.7. The van der Waals surface area contributed by atoms with E-state index >= 15 is 0 Å². The number of carbonyl (C=O) groups is 1. The molecule has 1 aliphatic rings. The van der Waals surface area contributed by atoms with Gasteiger partial charge in [-0.05, 0) is 36.6 Å². The fraction of sp³-hybridized carbons (Fsp3) is 0.611. The Balaban J connectivity index is 1.88. The predicted molar refractivity (Wildman–Crippen MR) is 102 cm³/mol. The van der Waals surface area contributed by atoms with Gasteiger partial charge in [-0.15, -0.1) is 0 Å². The predicted octanol–water partition coefficient (Wildman–Crippen LogP) is 1.96. The molecule has 2 rings (SSSR count). The highest BCUT2D eigenvalue weighted by atomic mass is 32.2. The van der Waals surface area contributed by atoms with Gasteiger partial charge in [-0.1, -0.05) is 13.8 Å². The van der Waals surface area contributed by atoms with Gasteiger partial charge in [0, 0.05) is 37.6 Å². The van der Waals surface area contributed by atoms with Crippen LogP contribution in [0.25, 0.3) is 0 Å². The first kappa shape index (κ1) is 20.7. The molecule has 1 heterocycles. The maximum Gasteiger partial charge on any atom is 0.319 e. The van der Waals surface area contributed by atoms with Crippen LogP contribution in [-0.4, -0.2) is 64.5 Å². The van der Waals surface area contributed by atoms with Crippen LogP contribution in [0.2, 0.25) is 0 Å². The fourth-order valence-corrected chi connectivity index (χ4v) is 3.65. The summed E-state index contributed by atoms with van der Waals surface area (Å²) in [5, 5.41) is 5.67. The molecule has 0 spiro atoms. The number of hydrogen-bond acceptors (Lipinski definition) is 5. The van der Waals surface area contributed by atoms with Gasteiger partial charge in [0.25, 0.3) is 0 Å². The van der Waals surface area contributed by atoms with E-state index < -0.39 is 9.84 Å². The fourth-order valence-electron chi connectivity index (χ4n) is 3.02. The van der Waals surface area contributed by atoms with Crippen molar-refractivity contribution in [1.29, 1.82) is 0 Å². The van der Waals surface area contributed by atoms with Gasteiger partial charge in [-0.2, -0.15) is 0 Å². The summed E-state index contributed by atoms with van der Waals surface area (Å²) in [4.78, 5) is 14.8. The van der Waals surface area contributed by atoms with Crippen LogP contribution in [0.15, 0.2) is 29.2 Å². The Hall–Kier alpha value is -1.64. The minimum atomic E-state index is -3.24. The van der Waals surface area contributed by atoms with Crippen molar-refractivity contribution in [3.63, 3.8) is 0 Å². The number of anilines is 1. The summed E-state index contributed by atoms with van der Waals surface area (Å²) in [7, 11) is -3.24. The molecule has 146 valence electrons. The molecule has 1 aliphatic heterocycles. The first-order valence-electron chi connectivity index (χ1n) is 8.92. The summed E-state index contributed by atoms with van der Waals surface area (Å²) >= 11 is 0. The Morgan fingerprint density at radius 3 is 2.35 bits per heavy atom. The number of ether oxygens (including phenoxy) is 1. The monoisotopic (exact) mass is 383 g/mol. The normalized spacial score (nSPS) is 17.1. The Kier molecular flexibility index (Phi) is 7.43. The maximum absolute atomic E-state index is 12.2. The number of amides is 2. The van der Waals surface area contributed by atoms with E-state index in [0.717, 1.165) is 39.0 Å². The highest BCUT2D eigenvalue weighted by molar-refractivity contribution is 7.90. The summed E-state index contributed by atoms with van der Waals surface area (Å²) < 4.78 is 28.3. The molecular weight excluding hydrogens is 354 g/mol. The number of sulfone groups is 1. The van der Waals surface area contributed by atoms with Crippen molar-refractivity contribution < 1.29 is 17.9 Å². The molecule has 1 saturated heterocycles. The molecule has 1 aromatic carbocycles. The van der Waals surface area contributed by atoms with Gasteiger partial charge >= 0.3 is 6.03 Å². The van der Waals surface area contributed by atoms with Crippen LogP contribution in [0.4, 0.5) is 10.5 Å². The minimum absolute atomic E-state index is 0.229. The van der Waals surface area contributed by atoms with E-state index in [-0.39, 0.29) is 17.0 Å². The molecule has 1 aromatic rings. The van der Waals surface area contributed by atoms with Crippen LogP contribution < -0.4 is 10.6 Å². The van der Waals surface area contributed by atoms with Gasteiger partial charge in [0.05, 0.1) is 18.1 Å². The molecule has 26 heavy (non-hydrogen) atoms. The third-order valence-electron chi connectivity index (χ3n) is 4.34. The van der Waals surface area contributed by atoms with Crippen molar-refractivity contribution in [2.45, 2.75) is 31.2 Å². The molecule has 7 nitrogen and oxygen atoms in total. The van der Waals surface area contributed by atoms with Crippen molar-refractivity contribution in [2.24, 2.45) is 5.92 Å². The van der Waals surface area contributed by atoms with Crippen LogP contribution >= 0.6 is 0 Å². The van der Waals surface area contributed by atoms with Crippen LogP contribution in [-0.2, 0) is 14.6 Å². The molecule has 0 aliphatic carbocycles. The smallest absolute Gasteiger partial charge is 0.319 e. The van der Waals surface area contributed by atoms with Crippen LogP contribution in [0.3, 0.4) is 0 Å². The van der Waals surface area contributed by atoms with Gasteiger partial charge in [-0.25, -0.2) is 13.2 Å². The second-order valence-corrected chi connectivity index (χ2v) is 9.08. The zero-order valence-corrected chi connectivity index (χ0v) is 16.5. The molecule has 0 aromatic heterocycles. The van der Waals surface area contributed by atoms with Crippen LogP contribution in [0.5, 0.6) is 0 Å². The largest absolute Gasteiger partial charge is 0.379 e. The third-order valence-corrected chi connectivity index (χ3v) is 5.47. The second kappa shape index (κ2) is 9.34. The number of morpholine rings is 1. The highest BCUT2D eigenvalue weighted by Gasteiger charge is 2.22. The van der Waals surface area contributed by atoms with Crippen molar-refractivity contribution >= 4 is 21.6 Å². The summed E-state index contributed by atoms with van der Waals surface area (Å²) in [5.41, 5.74) is 0.557. The van der Waals surface area contributed by atoms with Crippen molar-refractivity contribution in [3.8, 4) is 0 Å². The molecule has 1 atom stereocenters. The van der Waals surface area contributed by atoms with Crippen molar-refractivity contribution in [3.05, 3.63) is 24.3 Å². The molecule has 1 unspecified atom stereocenters. The number of urea groups is 1. The van der Waals surface area contributed by atoms with E-state index in [0.29, 0.717) is 18.2 Å². The molecule has 1 fully saturated rings. The van der Waals surface area contributed by atoms with Crippen molar-refractivity contribution in [1.82, 2.24) is 10.2 Å². The number of carbonyl (C=O) groups excluding carboxylic acids is 1. The number of nitrogens with one attached hydrogen (secondary N) is 2. The lowest BCUT2D eigenvalue weighted by atomic mass is 10.0. The second-order valence-electron chi connectivity index (χ2n) is 7.06. The average Bonchev–Trinajstić information content (AvgIpc) is 2.59. The quantitative estimate of drug-likeness (QED) is 0.751. The first-order valence-corrected chi connectivity index (χ1v) is 10.8. The lowest BCUT2D eigenvalue weighted by Crippen LogP contribution is -2.49. The van der Waals surface area contributed by atoms with E-state index in [2.05, 4.69) is 29.4 Å². The van der Waals surface area contributed by atoms with E-state index in [1.54, 1.807) is 12.1 Å². The van der Waals surface area contributed by atoms with Crippen LogP contribution in [0.1, 0.15) is 20.3 Å². The number of hydrogen-bond donors (Lipinski definition) is 2. The van der Waals surface area contributed by atoms with Gasteiger partial charge in [0.15, 0.2) is 9.84 Å². The highest BCUT2D eigenvalue weighted by Crippen LogP contribution is 2.15. The number of nitrogens with zero attached hydrogens (tertiary/aromatic N) is 1. The van der Waals surface area contributed by atoms with E-state index in [9.17, 15) is 13.2 Å². The lowest BCUT2D eigenvalue weighted by Gasteiger charge is -2.35. The molecule has 2 N–H and O–H groups in total. The molecule has 2 amide bonds. The van der Waals surface area contributed by atoms with E-state index in [1.807, 2.05) is 0 Å². The molecule has 8 heteroatoms. The zero-order chi connectivity index (χ0) is 19.2. The summed E-state index contributed by atoms with van der Waals surface area (Å²) in [6.45, 7) is 8.14. The average molecular weight is 384 g/mol. The van der Waals surface area contributed by atoms with Crippen LogP contribution in [0, 0.1) is 5.92 Å². The first-order chi connectivity index (χ1) is 12.3. The Bertz CT molecular complexity index is 683. The lowest BCUT2D eigenvalue weighted by molar-refractivity contribution is 0.0130. The van der Waals surface area contributed by atoms with Gasteiger partial charge in [0.2, 0.25) is 0 Å². The van der Waals surface area contributed by atoms with Gasteiger partial charge < -0.3 is 15.4 Å². The van der Waals surface area contributed by atoms with Gasteiger partial charge in [0.1, 0.15) is 0 Å². The Morgan fingerprint density at radius 2 is 1.81 bits per heavy atom. The van der Waals surface area contributed by atoms with E-state index in [4.69, 9.17) is 4.74 Å². The number of rotatable bonds is 7. The molecule has 0 saturated carbocycles. The third kappa shape index (κ3) is 6.59. The Labute approximate surface area is 156 Å². The SMILES string of the molecule is CC(C)CC(CNC(=O)Nc1ccc(S(C)(=O)=O)cc1)N1CCOCC1. The standard InChI is InChI=1S/C18H29N3O4S/c1-14(2)12-16(21-8-10-25-11-9-21)13-19-18(22)20-15-4-6-17(7-5-15)26(3,23)24/h4-7,14,16H,8-13H2,1-3H3,(H2,19,20,22). The molecular formula is C18H29N3O4S. The van der Waals surface area contributed by atoms with E-state index in [1.165, 1.54) is 12.1 Å². The maximum atomic E-state index is 12.2. The number of benzene rings is 1.